The summed E-state index contributed by atoms with van der Waals surface area (Å²) in [5.41, 5.74) is 0.846. The van der Waals surface area contributed by atoms with E-state index in [4.69, 9.17) is 18.9 Å². The second-order valence-corrected chi connectivity index (χ2v) is 32.8. The van der Waals surface area contributed by atoms with Crippen molar-refractivity contribution in [3.63, 3.8) is 0 Å². The number of carbonyl (C=O) groups is 2. The first-order valence-corrected chi connectivity index (χ1v) is 40.9. The van der Waals surface area contributed by atoms with E-state index in [1.54, 1.807) is 80.2 Å². The maximum Gasteiger partial charge on any atom is 0.435 e. The van der Waals surface area contributed by atoms with Gasteiger partial charge in [0.1, 0.15) is 34.1 Å². The molecule has 650 valence electrons. The number of nitrogens with zero attached hydrogens (tertiary/aromatic N) is 12. The lowest BCUT2D eigenvalue weighted by Gasteiger charge is -2.35. The molecule has 121 heavy (non-hydrogen) atoms. The smallest absolute Gasteiger partial charge is 0.435 e. The van der Waals surface area contributed by atoms with E-state index in [0.717, 1.165) is 137 Å². The Morgan fingerprint density at radius 3 is 1.18 bits per heavy atom. The molecule has 34 heteroatoms. The Balaban J connectivity index is 0.000000140. The number of carbonyl (C=O) groups excluding carboxylic acids is 2. The quantitative estimate of drug-likeness (QED) is 0.0491. The summed E-state index contributed by atoms with van der Waals surface area (Å²) in [5.74, 6) is 0.918. The molecule has 0 radical (unpaired) electrons. The second kappa shape index (κ2) is 37.0. The summed E-state index contributed by atoms with van der Waals surface area (Å²) in [6, 6.07) is 26.5. The van der Waals surface area contributed by atoms with Crippen LogP contribution in [0.4, 0.5) is 53.5 Å². The third-order valence-corrected chi connectivity index (χ3v) is 22.3. The molecule has 12 heterocycles. The molecule has 0 spiro atoms. The van der Waals surface area contributed by atoms with Crippen LogP contribution in [0.5, 0.6) is 11.5 Å². The number of aryl methyl sites for hydroxylation is 4. The number of aromatic amines is 2. The zero-order chi connectivity index (χ0) is 86.5. The summed E-state index contributed by atoms with van der Waals surface area (Å²) in [6.07, 6.45) is -8.23. The highest BCUT2D eigenvalue weighted by molar-refractivity contribution is 6.12. The summed E-state index contributed by atoms with van der Waals surface area (Å²) in [6.45, 7) is 30.9. The third-order valence-electron chi connectivity index (χ3n) is 22.3. The number of amides is 2. The van der Waals surface area contributed by atoms with Crippen molar-refractivity contribution in [3.8, 4) is 11.5 Å². The Bertz CT molecular complexity index is 5790. The number of ether oxygens (including phenoxy) is 4. The highest BCUT2D eigenvalue weighted by Crippen LogP contribution is 2.42. The van der Waals surface area contributed by atoms with Crippen molar-refractivity contribution in [1.82, 2.24) is 78.2 Å². The first kappa shape index (κ1) is 88.3. The summed E-state index contributed by atoms with van der Waals surface area (Å²) in [7, 11) is 3.20. The fourth-order valence-corrected chi connectivity index (χ4v) is 16.7. The average Bonchev–Trinajstić information content (AvgIpc) is 1.62. The Morgan fingerprint density at radius 2 is 0.777 bits per heavy atom. The Hall–Kier alpha value is -10.5. The number of nitrogens with one attached hydrogen (secondary N) is 4. The lowest BCUT2D eigenvalue weighted by molar-refractivity contribution is -0.140. The first-order chi connectivity index (χ1) is 57.5. The van der Waals surface area contributed by atoms with Gasteiger partial charge in [0, 0.05) is 229 Å². The van der Waals surface area contributed by atoms with Gasteiger partial charge in [-0.15, -0.1) is 0 Å². The van der Waals surface area contributed by atoms with E-state index in [2.05, 4.69) is 54.7 Å². The van der Waals surface area contributed by atoms with Gasteiger partial charge in [-0.25, -0.2) is 19.6 Å². The molecule has 0 bridgehead atoms. The maximum atomic E-state index is 14.1. The normalized spacial score (nSPS) is 16.0. The number of fused-ring (bicyclic) bond motifs is 12. The first-order valence-electron chi connectivity index (χ1n) is 40.9. The summed E-state index contributed by atoms with van der Waals surface area (Å²) >= 11 is 0. The minimum atomic E-state index is -4.55. The molecule has 4 N–H and O–H groups in total. The number of hydrogen-bond donors (Lipinski definition) is 4. The Labute approximate surface area is 692 Å². The van der Waals surface area contributed by atoms with E-state index in [0.29, 0.717) is 128 Å². The molecule has 8 aromatic heterocycles. The molecular weight excluding hydrogens is 1590 g/mol. The number of benzene rings is 4. The number of hydrogen-bond acceptors (Lipinski definition) is 16. The zero-order valence-electron chi connectivity index (χ0n) is 69.5. The van der Waals surface area contributed by atoms with Crippen molar-refractivity contribution < 1.29 is 72.4 Å². The van der Waals surface area contributed by atoms with Crippen LogP contribution in [0.15, 0.2) is 125 Å². The molecule has 0 atom stereocenters. The van der Waals surface area contributed by atoms with Gasteiger partial charge in [0.15, 0.2) is 16.6 Å². The summed E-state index contributed by atoms with van der Waals surface area (Å²) in [5, 5.41) is 12.1. The Morgan fingerprint density at radius 1 is 0.405 bits per heavy atom. The fraction of sp³-hybridized carbons (Fsp3) is 0.471. The third kappa shape index (κ3) is 20.8. The molecular formula is C87H104F10N16O8. The van der Waals surface area contributed by atoms with Crippen molar-refractivity contribution in [2.45, 2.75) is 124 Å². The van der Waals surface area contributed by atoms with Crippen LogP contribution < -0.4 is 31.0 Å². The molecule has 4 aliphatic rings. The predicted octanol–water partition coefficient (Wildman–Crippen LogP) is 15.0. The highest BCUT2D eigenvalue weighted by Gasteiger charge is 2.40. The number of H-pyrrole nitrogens is 2. The van der Waals surface area contributed by atoms with Crippen molar-refractivity contribution in [3.05, 3.63) is 165 Å². The lowest BCUT2D eigenvalue weighted by atomic mass is 10.1. The minimum Gasteiger partial charge on any atom is -0.497 e. The van der Waals surface area contributed by atoms with Gasteiger partial charge in [-0.05, 0) is 154 Å². The minimum absolute atomic E-state index is 0.0605. The number of aromatic nitrogens is 8. The number of halogens is 10. The number of rotatable bonds is 17. The van der Waals surface area contributed by atoms with E-state index in [-0.39, 0.29) is 39.6 Å². The molecule has 4 aromatic carbocycles. The van der Waals surface area contributed by atoms with Gasteiger partial charge in [-0.3, -0.25) is 19.4 Å². The summed E-state index contributed by atoms with van der Waals surface area (Å²) < 4.78 is 166. The number of methoxy groups -OCH3 is 2. The highest BCUT2D eigenvalue weighted by atomic mass is 19.4. The number of piperazine rings is 4. The van der Waals surface area contributed by atoms with Gasteiger partial charge in [0.2, 0.25) is 5.95 Å². The molecule has 0 unspecified atom stereocenters. The van der Waals surface area contributed by atoms with Crippen LogP contribution in [0, 0.1) is 12.9 Å². The Kier molecular flexibility index (Phi) is 27.0. The molecule has 0 aliphatic carbocycles. The van der Waals surface area contributed by atoms with Gasteiger partial charge < -0.3 is 77.4 Å². The van der Waals surface area contributed by atoms with Crippen LogP contribution in [0.25, 0.3) is 87.2 Å². The largest absolute Gasteiger partial charge is 0.497 e. The van der Waals surface area contributed by atoms with Gasteiger partial charge >= 0.3 is 30.7 Å². The SMILES string of the molecule is CC(C)(C)OC(=O)N1CCN(CCCn2c3cc(=O)ccc3c3cc[nH]c(C(F)(F)F)c32)CC1.COc1ccc2c3cc(F)nc(C)c3n(CCN3CCN(C(=O)OC(C)(C)C)CC3)c2c1.COc1ccc2c3ccnc(C(F)(F)F)c3n(CCCN3CCNCC3)c2c1.O=c1ccc2c3cc[nH]c(C(F)(F)F)c3n(CCCN3CCNCC3)c2c1. The van der Waals surface area contributed by atoms with E-state index in [1.807, 2.05) is 72.7 Å². The van der Waals surface area contributed by atoms with Crippen LogP contribution in [0.1, 0.15) is 83.6 Å². The molecule has 0 saturated carbocycles. The topological polar surface area (TPSA) is 226 Å². The monoisotopic (exact) mass is 1690 g/mol. The van der Waals surface area contributed by atoms with Crippen LogP contribution in [0.2, 0.25) is 0 Å². The molecule has 4 saturated heterocycles. The molecule has 12 aromatic rings. The van der Waals surface area contributed by atoms with E-state index >= 15 is 0 Å². The van der Waals surface area contributed by atoms with Crippen molar-refractivity contribution in [2.75, 3.05) is 145 Å². The van der Waals surface area contributed by atoms with Crippen LogP contribution in [0.3, 0.4) is 0 Å². The lowest BCUT2D eigenvalue weighted by Crippen LogP contribution is -2.50. The molecule has 4 aliphatic heterocycles. The summed E-state index contributed by atoms with van der Waals surface area (Å²) in [4.78, 5) is 73.5. The van der Waals surface area contributed by atoms with Crippen LogP contribution in [-0.4, -0.2) is 236 Å². The fourth-order valence-electron chi connectivity index (χ4n) is 16.7. The van der Waals surface area contributed by atoms with Crippen LogP contribution >= 0.6 is 0 Å². The maximum absolute atomic E-state index is 14.1. The van der Waals surface area contributed by atoms with Crippen molar-refractivity contribution in [1.29, 1.82) is 0 Å². The van der Waals surface area contributed by atoms with Gasteiger partial charge in [-0.1, -0.05) is 0 Å². The van der Waals surface area contributed by atoms with E-state index in [1.165, 1.54) is 48.9 Å². The van der Waals surface area contributed by atoms with E-state index < -0.39 is 52.8 Å². The molecule has 2 amide bonds. The number of alkyl halides is 9. The molecule has 24 nitrogen and oxygen atoms in total. The molecule has 16 rings (SSSR count). The second-order valence-electron chi connectivity index (χ2n) is 32.8. The van der Waals surface area contributed by atoms with Gasteiger partial charge in [0.05, 0.1) is 64.0 Å². The van der Waals surface area contributed by atoms with Crippen LogP contribution in [-0.2, 0) is 54.2 Å². The zero-order valence-corrected chi connectivity index (χ0v) is 69.5. The standard InChI is InChI=1S/C24H29F3N4O3.C24H31FN4O3.C20H23F3N4O.C19H21F3N4O/c1-23(2,3)34-22(33)30-13-11-29(12-14-30)9-4-10-31-19-15-16(32)5-6-17(19)18-7-8-28-21(20(18)31)24(25,26)27;1-16-22-19(15-21(25)26-16)18-7-6-17(31-5)14-20(18)29(22)13-10-27-8-11-28(12-9-27)23(30)32-24(2,3)4;1-28-14-3-4-15-16-5-6-25-19(20(21,22)23)18(16)27(17(15)13-14)10-2-9-26-11-7-24-8-12-26;20-19(21,22)18-17-15(4-5-24-18)14-3-2-13(27)12-16(14)26(17)9-1-8-25-10-6-23-7-11-25/h5-8,15,28H,4,9-14H2,1-3H3;6-7,14-15H,8-13H2,1-5H3;3-6,13,24H,2,7-12H2,1H3;2-5,12,23-24H,1,6-11H2. The van der Waals surface area contributed by atoms with Gasteiger partial charge in [-0.2, -0.15) is 43.9 Å². The number of pyridine rings is 4. The van der Waals surface area contributed by atoms with Crippen molar-refractivity contribution >= 4 is 99.4 Å². The van der Waals surface area contributed by atoms with Crippen molar-refractivity contribution in [2.24, 2.45) is 0 Å². The molecule has 4 fully saturated rings. The van der Waals surface area contributed by atoms with E-state index in [9.17, 15) is 63.1 Å². The average molecular weight is 1690 g/mol. The van der Waals surface area contributed by atoms with Gasteiger partial charge in [0.25, 0.3) is 0 Å². The predicted molar refractivity (Wildman–Crippen MR) is 448 cm³/mol.